The van der Waals surface area contributed by atoms with Gasteiger partial charge in [-0.1, -0.05) is 49.6 Å². The fourth-order valence-corrected chi connectivity index (χ4v) is 4.67. The molecule has 4 amide bonds. The molecule has 1 aromatic carbocycles. The Morgan fingerprint density at radius 2 is 1.90 bits per heavy atom. The zero-order valence-corrected chi connectivity index (χ0v) is 18.1. The number of nitrogens with zero attached hydrogens (tertiary/aromatic N) is 2. The molecule has 4 rings (SSSR count). The number of urea groups is 1. The third-order valence-corrected chi connectivity index (χ3v) is 6.58. The van der Waals surface area contributed by atoms with Gasteiger partial charge >= 0.3 is 6.03 Å². The van der Waals surface area contributed by atoms with Crippen LogP contribution in [-0.4, -0.2) is 71.5 Å². The molecule has 31 heavy (non-hydrogen) atoms. The molecule has 0 bridgehead atoms. The molecule has 168 valence electrons. The molecule has 3 fully saturated rings. The van der Waals surface area contributed by atoms with Crippen molar-refractivity contribution in [1.29, 1.82) is 0 Å². The van der Waals surface area contributed by atoms with E-state index in [0.29, 0.717) is 19.7 Å². The maximum Gasteiger partial charge on any atom is 0.317 e. The van der Waals surface area contributed by atoms with Crippen LogP contribution in [-0.2, 0) is 20.9 Å². The Bertz CT molecular complexity index is 796. The zero-order valence-electron chi connectivity index (χ0n) is 18.1. The molecule has 3 atom stereocenters. The summed E-state index contributed by atoms with van der Waals surface area (Å²) in [7, 11) is 0. The fraction of sp³-hybridized carbons (Fsp3) is 0.609. The summed E-state index contributed by atoms with van der Waals surface area (Å²) in [5.41, 5.74) is 1.01. The lowest BCUT2D eigenvalue weighted by Gasteiger charge is -2.46. The molecule has 0 spiro atoms. The summed E-state index contributed by atoms with van der Waals surface area (Å²) in [4.78, 5) is 41.8. The van der Waals surface area contributed by atoms with Gasteiger partial charge in [0.1, 0.15) is 12.1 Å². The lowest BCUT2D eigenvalue weighted by atomic mass is 9.95. The highest BCUT2D eigenvalue weighted by Gasteiger charge is 2.46. The Kier molecular flexibility index (Phi) is 6.75. The topological polar surface area (TPSA) is 91.0 Å². The van der Waals surface area contributed by atoms with Gasteiger partial charge in [-0.3, -0.25) is 9.59 Å². The van der Waals surface area contributed by atoms with Crippen LogP contribution in [0.1, 0.15) is 44.6 Å². The van der Waals surface area contributed by atoms with Crippen LogP contribution in [0.5, 0.6) is 0 Å². The summed E-state index contributed by atoms with van der Waals surface area (Å²) < 4.78 is 5.87. The number of benzene rings is 1. The Morgan fingerprint density at radius 3 is 2.65 bits per heavy atom. The van der Waals surface area contributed by atoms with Crippen molar-refractivity contribution in [3.05, 3.63) is 35.9 Å². The standard InChI is InChI=1S/C23H32N4O4/c1-16(31-15-17-8-4-2-5-9-17)20-22(29)27-13-12-26(14-19(27)21(28)25-20)23(30)24-18-10-6-3-7-11-18/h2,4-5,8-9,16,18-20H,3,6-7,10-15H2,1H3,(H,24,30)(H,25,28)/t16-,19+,20-/m0/s1. The summed E-state index contributed by atoms with van der Waals surface area (Å²) in [6.07, 6.45) is 5.08. The van der Waals surface area contributed by atoms with E-state index in [2.05, 4.69) is 10.6 Å². The second-order valence-electron chi connectivity index (χ2n) is 8.77. The first-order chi connectivity index (χ1) is 15.0. The van der Waals surface area contributed by atoms with Gasteiger partial charge in [0.25, 0.3) is 0 Å². The van der Waals surface area contributed by atoms with Crippen molar-refractivity contribution >= 4 is 17.8 Å². The van der Waals surface area contributed by atoms with Crippen molar-refractivity contribution in [1.82, 2.24) is 20.4 Å². The Hall–Kier alpha value is -2.61. The quantitative estimate of drug-likeness (QED) is 0.746. The van der Waals surface area contributed by atoms with Crippen molar-refractivity contribution in [2.24, 2.45) is 0 Å². The third-order valence-electron chi connectivity index (χ3n) is 6.58. The minimum absolute atomic E-state index is 0.131. The number of fused-ring (bicyclic) bond motifs is 1. The van der Waals surface area contributed by atoms with Crippen LogP contribution in [0.3, 0.4) is 0 Å². The van der Waals surface area contributed by atoms with E-state index in [0.717, 1.165) is 31.2 Å². The molecule has 0 radical (unpaired) electrons. The summed E-state index contributed by atoms with van der Waals surface area (Å²) in [5.74, 6) is -0.368. The molecule has 1 aliphatic carbocycles. The van der Waals surface area contributed by atoms with Crippen LogP contribution in [0.2, 0.25) is 0 Å². The van der Waals surface area contributed by atoms with Gasteiger partial charge in [-0.2, -0.15) is 0 Å². The highest BCUT2D eigenvalue weighted by atomic mass is 16.5. The number of rotatable bonds is 5. The number of carbonyl (C=O) groups excluding carboxylic acids is 3. The highest BCUT2D eigenvalue weighted by Crippen LogP contribution is 2.21. The number of piperazine rings is 2. The second-order valence-corrected chi connectivity index (χ2v) is 8.77. The van der Waals surface area contributed by atoms with Crippen molar-refractivity contribution in [2.45, 2.75) is 69.9 Å². The molecule has 0 aromatic heterocycles. The maximum atomic E-state index is 13.1. The summed E-state index contributed by atoms with van der Waals surface area (Å²) in [5, 5.41) is 5.93. The smallest absolute Gasteiger partial charge is 0.317 e. The van der Waals surface area contributed by atoms with Gasteiger partial charge in [-0.15, -0.1) is 0 Å². The number of hydrogen-bond donors (Lipinski definition) is 2. The first-order valence-corrected chi connectivity index (χ1v) is 11.3. The van der Waals surface area contributed by atoms with Gasteiger partial charge in [0.2, 0.25) is 11.8 Å². The first kappa shape index (κ1) is 21.6. The van der Waals surface area contributed by atoms with E-state index in [1.807, 2.05) is 30.3 Å². The van der Waals surface area contributed by atoms with Crippen molar-refractivity contribution in [3.8, 4) is 0 Å². The van der Waals surface area contributed by atoms with Crippen LogP contribution in [0.25, 0.3) is 0 Å². The Balaban J connectivity index is 1.32. The molecule has 0 unspecified atom stereocenters. The molecule has 3 aliphatic rings. The van der Waals surface area contributed by atoms with Gasteiger partial charge in [-0.05, 0) is 25.3 Å². The summed E-state index contributed by atoms with van der Waals surface area (Å²) in [6, 6.07) is 8.46. The van der Waals surface area contributed by atoms with E-state index in [9.17, 15) is 14.4 Å². The van der Waals surface area contributed by atoms with E-state index >= 15 is 0 Å². The molecule has 2 aliphatic heterocycles. The van der Waals surface area contributed by atoms with E-state index in [1.54, 1.807) is 16.7 Å². The Labute approximate surface area is 183 Å². The first-order valence-electron chi connectivity index (χ1n) is 11.3. The van der Waals surface area contributed by atoms with Crippen LogP contribution in [0.4, 0.5) is 4.79 Å². The SMILES string of the molecule is C[C@H](OCc1ccccc1)[C@@H]1NC(=O)[C@H]2CN(C(=O)NC3CCCCC3)CCN2C1=O. The zero-order chi connectivity index (χ0) is 21.8. The molecule has 2 heterocycles. The van der Waals surface area contributed by atoms with Gasteiger partial charge in [-0.25, -0.2) is 4.79 Å². The molecule has 2 saturated heterocycles. The van der Waals surface area contributed by atoms with Crippen LogP contribution >= 0.6 is 0 Å². The average Bonchev–Trinajstić information content (AvgIpc) is 2.81. The monoisotopic (exact) mass is 428 g/mol. The fourth-order valence-electron chi connectivity index (χ4n) is 4.67. The molecular weight excluding hydrogens is 396 g/mol. The molecule has 2 N–H and O–H groups in total. The lowest BCUT2D eigenvalue weighted by Crippen LogP contribution is -2.72. The van der Waals surface area contributed by atoms with E-state index in [4.69, 9.17) is 4.74 Å². The third kappa shape index (κ3) is 5.01. The Morgan fingerprint density at radius 1 is 1.16 bits per heavy atom. The second kappa shape index (κ2) is 9.68. The molecule has 8 nitrogen and oxygen atoms in total. The molecular formula is C23H32N4O4. The van der Waals surface area contributed by atoms with Crippen molar-refractivity contribution in [3.63, 3.8) is 0 Å². The predicted molar refractivity (Wildman–Crippen MR) is 115 cm³/mol. The van der Waals surface area contributed by atoms with Crippen LogP contribution in [0, 0.1) is 0 Å². The number of hydrogen-bond acceptors (Lipinski definition) is 4. The predicted octanol–water partition coefficient (Wildman–Crippen LogP) is 1.65. The van der Waals surface area contributed by atoms with E-state index in [1.165, 1.54) is 6.42 Å². The summed E-state index contributed by atoms with van der Waals surface area (Å²) >= 11 is 0. The number of amides is 4. The summed E-state index contributed by atoms with van der Waals surface area (Å²) in [6.45, 7) is 3.19. The molecule has 1 aromatic rings. The van der Waals surface area contributed by atoms with Crippen molar-refractivity contribution in [2.75, 3.05) is 19.6 Å². The van der Waals surface area contributed by atoms with E-state index < -0.39 is 18.2 Å². The lowest BCUT2D eigenvalue weighted by molar-refractivity contribution is -0.156. The number of ether oxygens (including phenoxy) is 1. The number of carbonyl (C=O) groups is 3. The van der Waals surface area contributed by atoms with Crippen LogP contribution < -0.4 is 10.6 Å². The van der Waals surface area contributed by atoms with Gasteiger partial charge < -0.3 is 25.2 Å². The minimum atomic E-state index is -0.713. The largest absolute Gasteiger partial charge is 0.371 e. The minimum Gasteiger partial charge on any atom is -0.371 e. The maximum absolute atomic E-state index is 13.1. The number of nitrogens with one attached hydrogen (secondary N) is 2. The van der Waals surface area contributed by atoms with Crippen molar-refractivity contribution < 1.29 is 19.1 Å². The normalized spacial score (nSPS) is 25.6. The van der Waals surface area contributed by atoms with Crippen LogP contribution in [0.15, 0.2) is 30.3 Å². The van der Waals surface area contributed by atoms with Gasteiger partial charge in [0, 0.05) is 19.1 Å². The van der Waals surface area contributed by atoms with Gasteiger partial charge in [0.05, 0.1) is 19.3 Å². The average molecular weight is 429 g/mol. The highest BCUT2D eigenvalue weighted by molar-refractivity contribution is 5.98. The van der Waals surface area contributed by atoms with E-state index in [-0.39, 0.29) is 30.4 Å². The molecule has 8 heteroatoms. The molecule has 1 saturated carbocycles. The van der Waals surface area contributed by atoms with Gasteiger partial charge in [0.15, 0.2) is 0 Å².